The Kier molecular flexibility index (Phi) is 6.49. The van der Waals surface area contributed by atoms with Crippen LogP contribution in [0.25, 0.3) is 10.8 Å². The Morgan fingerprint density at radius 3 is 2.71 bits per heavy atom. The summed E-state index contributed by atoms with van der Waals surface area (Å²) in [6, 6.07) is 11.4. The fourth-order valence-corrected chi connectivity index (χ4v) is 3.60. The summed E-state index contributed by atoms with van der Waals surface area (Å²) in [6.07, 6.45) is 0. The molecule has 2 N–H and O–H groups in total. The second-order valence-corrected chi connectivity index (χ2v) is 6.74. The molecule has 1 atom stereocenters. The maximum Gasteiger partial charge on any atom is 0.338 e. The molecule has 0 spiro atoms. The highest BCUT2D eigenvalue weighted by Gasteiger charge is 2.34. The fraction of sp³-hybridized carbons (Fsp3) is 0.333. The van der Waals surface area contributed by atoms with Crippen molar-refractivity contribution < 1.29 is 19.0 Å². The van der Waals surface area contributed by atoms with E-state index in [1.807, 2.05) is 50.2 Å². The van der Waals surface area contributed by atoms with Crippen molar-refractivity contribution in [1.29, 1.82) is 0 Å². The number of nitrogens with one attached hydrogen (secondary N) is 2. The van der Waals surface area contributed by atoms with Crippen LogP contribution in [0.15, 0.2) is 47.7 Å². The molecule has 0 saturated carbocycles. The lowest BCUT2D eigenvalue weighted by Gasteiger charge is -2.31. The number of esters is 1. The van der Waals surface area contributed by atoms with Crippen LogP contribution < -0.4 is 15.4 Å². The van der Waals surface area contributed by atoms with Gasteiger partial charge in [0.25, 0.3) is 0 Å². The van der Waals surface area contributed by atoms with Gasteiger partial charge in [-0.15, -0.1) is 0 Å². The van der Waals surface area contributed by atoms with Crippen molar-refractivity contribution in [3.63, 3.8) is 0 Å². The van der Waals surface area contributed by atoms with E-state index in [0.717, 1.165) is 16.3 Å². The molecule has 7 heteroatoms. The van der Waals surface area contributed by atoms with Gasteiger partial charge in [0.05, 0.1) is 24.8 Å². The average Bonchev–Trinajstić information content (AvgIpc) is 2.67. The van der Waals surface area contributed by atoms with E-state index >= 15 is 0 Å². The van der Waals surface area contributed by atoms with E-state index in [2.05, 4.69) is 10.6 Å². The first-order valence-electron chi connectivity index (χ1n) is 9.15. The molecule has 28 heavy (non-hydrogen) atoms. The summed E-state index contributed by atoms with van der Waals surface area (Å²) in [5.74, 6) is 0.288. The monoisotopic (exact) mass is 400 g/mol. The zero-order valence-electron chi connectivity index (χ0n) is 16.2. The number of allylic oxidation sites excluding steroid dienone is 1. The van der Waals surface area contributed by atoms with Gasteiger partial charge in [0, 0.05) is 18.4 Å². The molecule has 0 amide bonds. The molecule has 0 fully saturated rings. The second kappa shape index (κ2) is 9.03. The van der Waals surface area contributed by atoms with E-state index in [-0.39, 0.29) is 6.61 Å². The molecular weight excluding hydrogens is 376 g/mol. The van der Waals surface area contributed by atoms with Gasteiger partial charge in [0.2, 0.25) is 0 Å². The summed E-state index contributed by atoms with van der Waals surface area (Å²) in [5.41, 5.74) is 2.00. The quantitative estimate of drug-likeness (QED) is 0.420. The van der Waals surface area contributed by atoms with Crippen LogP contribution >= 0.6 is 12.2 Å². The van der Waals surface area contributed by atoms with Gasteiger partial charge in [-0.25, -0.2) is 4.79 Å². The summed E-state index contributed by atoms with van der Waals surface area (Å²) < 4.78 is 16.3. The highest BCUT2D eigenvalue weighted by molar-refractivity contribution is 7.80. The number of hydrogen-bond donors (Lipinski definition) is 2. The molecule has 2 aromatic carbocycles. The first-order valence-corrected chi connectivity index (χ1v) is 9.56. The zero-order valence-corrected chi connectivity index (χ0v) is 17.0. The van der Waals surface area contributed by atoms with Gasteiger partial charge in [0.15, 0.2) is 5.11 Å². The van der Waals surface area contributed by atoms with Gasteiger partial charge in [-0.05, 0) is 42.9 Å². The average molecular weight is 401 g/mol. The summed E-state index contributed by atoms with van der Waals surface area (Å²) >= 11 is 5.37. The smallest absolute Gasteiger partial charge is 0.338 e. The molecular formula is C21H24N2O4S. The van der Waals surface area contributed by atoms with E-state index in [4.69, 9.17) is 26.4 Å². The highest BCUT2D eigenvalue weighted by Crippen LogP contribution is 2.38. The van der Waals surface area contributed by atoms with Gasteiger partial charge in [-0.1, -0.05) is 30.3 Å². The number of ether oxygens (including phenoxy) is 3. The molecule has 6 nitrogen and oxygen atoms in total. The van der Waals surface area contributed by atoms with Crippen LogP contribution in [0.5, 0.6) is 5.75 Å². The van der Waals surface area contributed by atoms with Crippen molar-refractivity contribution in [2.75, 3.05) is 26.9 Å². The lowest BCUT2D eigenvalue weighted by molar-refractivity contribution is -0.140. The standard InChI is InChI=1S/C21H24N2O4S/c1-4-26-16-10-9-14-7-5-6-8-15(14)18(16)19-17(13(2)22-21(28)23-19)20(24)27-12-11-25-3/h5-10,19H,4,11-12H2,1-3H3,(H2,22,23,28)/t19-/m1/s1. The van der Waals surface area contributed by atoms with Crippen LogP contribution in [0.3, 0.4) is 0 Å². The molecule has 1 aliphatic heterocycles. The third-order valence-corrected chi connectivity index (χ3v) is 4.75. The zero-order chi connectivity index (χ0) is 20.1. The summed E-state index contributed by atoms with van der Waals surface area (Å²) in [6.45, 7) is 4.77. The van der Waals surface area contributed by atoms with Crippen LogP contribution in [-0.2, 0) is 14.3 Å². The van der Waals surface area contributed by atoms with E-state index in [9.17, 15) is 4.79 Å². The highest BCUT2D eigenvalue weighted by atomic mass is 32.1. The normalized spacial score (nSPS) is 16.5. The van der Waals surface area contributed by atoms with Crippen molar-refractivity contribution in [1.82, 2.24) is 10.6 Å². The number of methoxy groups -OCH3 is 1. The van der Waals surface area contributed by atoms with Crippen LogP contribution in [-0.4, -0.2) is 38.0 Å². The fourth-order valence-electron chi connectivity index (χ4n) is 3.33. The van der Waals surface area contributed by atoms with Crippen molar-refractivity contribution in [3.05, 3.63) is 53.2 Å². The van der Waals surface area contributed by atoms with Crippen molar-refractivity contribution >= 4 is 34.1 Å². The Bertz CT molecular complexity index is 926. The van der Waals surface area contributed by atoms with Crippen molar-refractivity contribution in [2.24, 2.45) is 0 Å². The van der Waals surface area contributed by atoms with Gasteiger partial charge in [-0.3, -0.25) is 0 Å². The first kappa shape index (κ1) is 20.1. The SMILES string of the molecule is CCOc1ccc2ccccc2c1[C@@H]1NC(=S)NC(C)=C1C(=O)OCCOC. The van der Waals surface area contributed by atoms with Gasteiger partial charge in [-0.2, -0.15) is 0 Å². The topological polar surface area (TPSA) is 68.8 Å². The molecule has 0 saturated heterocycles. The van der Waals surface area contributed by atoms with Gasteiger partial charge < -0.3 is 24.8 Å². The minimum absolute atomic E-state index is 0.178. The number of rotatable bonds is 7. The van der Waals surface area contributed by atoms with E-state index < -0.39 is 12.0 Å². The number of hydrogen-bond acceptors (Lipinski definition) is 5. The number of fused-ring (bicyclic) bond motifs is 1. The van der Waals surface area contributed by atoms with E-state index in [0.29, 0.717) is 35.3 Å². The molecule has 1 heterocycles. The maximum absolute atomic E-state index is 12.9. The predicted molar refractivity (Wildman–Crippen MR) is 112 cm³/mol. The molecule has 0 unspecified atom stereocenters. The Balaban J connectivity index is 2.13. The molecule has 2 aromatic rings. The summed E-state index contributed by atoms with van der Waals surface area (Å²) in [7, 11) is 1.56. The number of thiocarbonyl (C=S) groups is 1. The summed E-state index contributed by atoms with van der Waals surface area (Å²) in [4.78, 5) is 12.9. The molecule has 3 rings (SSSR count). The van der Waals surface area contributed by atoms with E-state index in [1.165, 1.54) is 0 Å². The molecule has 0 radical (unpaired) electrons. The first-order chi connectivity index (χ1) is 13.6. The Morgan fingerprint density at radius 2 is 1.96 bits per heavy atom. The number of benzene rings is 2. The molecule has 0 aromatic heterocycles. The Hall–Kier alpha value is -2.64. The predicted octanol–water partition coefficient (Wildman–Crippen LogP) is 3.22. The van der Waals surface area contributed by atoms with E-state index in [1.54, 1.807) is 7.11 Å². The lowest BCUT2D eigenvalue weighted by atomic mass is 9.90. The molecule has 0 bridgehead atoms. The second-order valence-electron chi connectivity index (χ2n) is 6.33. The lowest BCUT2D eigenvalue weighted by Crippen LogP contribution is -2.45. The van der Waals surface area contributed by atoms with Crippen LogP contribution in [0.4, 0.5) is 0 Å². The Morgan fingerprint density at radius 1 is 1.18 bits per heavy atom. The molecule has 0 aliphatic carbocycles. The van der Waals surface area contributed by atoms with Crippen molar-refractivity contribution in [2.45, 2.75) is 19.9 Å². The number of carbonyl (C=O) groups excluding carboxylic acids is 1. The van der Waals surface area contributed by atoms with Crippen molar-refractivity contribution in [3.8, 4) is 5.75 Å². The Labute approximate surface area is 169 Å². The molecule has 1 aliphatic rings. The third kappa shape index (κ3) is 4.10. The van der Waals surface area contributed by atoms with Crippen LogP contribution in [0, 0.1) is 0 Å². The minimum Gasteiger partial charge on any atom is -0.493 e. The van der Waals surface area contributed by atoms with Gasteiger partial charge >= 0.3 is 5.97 Å². The van der Waals surface area contributed by atoms with Crippen LogP contribution in [0.1, 0.15) is 25.5 Å². The van der Waals surface area contributed by atoms with Gasteiger partial charge in [0.1, 0.15) is 12.4 Å². The molecule has 148 valence electrons. The summed E-state index contributed by atoms with van der Waals surface area (Å²) in [5, 5.41) is 8.75. The van der Waals surface area contributed by atoms with Crippen LogP contribution in [0.2, 0.25) is 0 Å². The number of carbonyl (C=O) groups is 1. The minimum atomic E-state index is -0.489. The maximum atomic E-state index is 12.9. The third-order valence-electron chi connectivity index (χ3n) is 4.53. The largest absolute Gasteiger partial charge is 0.493 e.